The first kappa shape index (κ1) is 13.7. The number of hydrogen-bond donors (Lipinski definition) is 0. The first-order valence-corrected chi connectivity index (χ1v) is 6.90. The molecule has 0 amide bonds. The van der Waals surface area contributed by atoms with Crippen molar-refractivity contribution < 1.29 is 9.59 Å². The number of unbranched alkanes of at least 4 members (excludes halogenated alkanes) is 3. The summed E-state index contributed by atoms with van der Waals surface area (Å²) in [6, 6.07) is 0. The van der Waals surface area contributed by atoms with Gasteiger partial charge in [-0.25, -0.2) is 0 Å². The molecule has 1 saturated carbocycles. The van der Waals surface area contributed by atoms with Crippen LogP contribution in [-0.2, 0) is 9.59 Å². The Morgan fingerprint density at radius 2 is 1.94 bits per heavy atom. The fourth-order valence-electron chi connectivity index (χ4n) is 2.24. The van der Waals surface area contributed by atoms with Gasteiger partial charge >= 0.3 is 0 Å². The fourth-order valence-corrected chi connectivity index (χ4v) is 2.43. The number of alkyl halides is 1. The number of halogens is 1. The lowest BCUT2D eigenvalue weighted by atomic mass is 9.83. The van der Waals surface area contributed by atoms with E-state index in [-0.39, 0.29) is 17.5 Å². The third kappa shape index (κ3) is 4.65. The number of carbonyl (C=O) groups is 2. The van der Waals surface area contributed by atoms with Gasteiger partial charge in [0.05, 0.1) is 5.92 Å². The molecule has 0 bridgehead atoms. The van der Waals surface area contributed by atoms with Crippen LogP contribution in [0.3, 0.4) is 0 Å². The van der Waals surface area contributed by atoms with Crippen molar-refractivity contribution >= 4 is 23.2 Å². The molecule has 1 atom stereocenters. The van der Waals surface area contributed by atoms with Crippen molar-refractivity contribution in [2.45, 2.75) is 57.8 Å². The van der Waals surface area contributed by atoms with Gasteiger partial charge in [-0.3, -0.25) is 9.59 Å². The third-order valence-electron chi connectivity index (χ3n) is 3.25. The second-order valence-electron chi connectivity index (χ2n) is 4.58. The van der Waals surface area contributed by atoms with Crippen LogP contribution in [0.25, 0.3) is 0 Å². The topological polar surface area (TPSA) is 34.1 Å². The summed E-state index contributed by atoms with van der Waals surface area (Å²) in [4.78, 5) is 23.3. The maximum atomic E-state index is 11.8. The van der Waals surface area contributed by atoms with Crippen LogP contribution in [0, 0.1) is 5.92 Å². The summed E-state index contributed by atoms with van der Waals surface area (Å²) >= 11 is 5.57. The lowest BCUT2D eigenvalue weighted by molar-refractivity contribution is -0.134. The second kappa shape index (κ2) is 7.83. The molecule has 1 fully saturated rings. The summed E-state index contributed by atoms with van der Waals surface area (Å²) in [7, 11) is 0. The first-order chi connectivity index (χ1) is 7.75. The Morgan fingerprint density at radius 3 is 2.62 bits per heavy atom. The van der Waals surface area contributed by atoms with Gasteiger partial charge in [-0.2, -0.15) is 0 Å². The molecule has 3 heteroatoms. The third-order valence-corrected chi connectivity index (χ3v) is 3.52. The van der Waals surface area contributed by atoms with Gasteiger partial charge in [0.15, 0.2) is 0 Å². The standard InChI is InChI=1S/C13H21ClO2/c14-10-6-2-1-3-8-12(15)11-7-4-5-9-13(11)16/h11H,1-10H2. The van der Waals surface area contributed by atoms with Gasteiger partial charge < -0.3 is 0 Å². The summed E-state index contributed by atoms with van der Waals surface area (Å²) < 4.78 is 0. The molecule has 1 aliphatic carbocycles. The number of hydrogen-bond acceptors (Lipinski definition) is 2. The van der Waals surface area contributed by atoms with E-state index in [0.717, 1.165) is 44.9 Å². The van der Waals surface area contributed by atoms with E-state index in [1.54, 1.807) is 0 Å². The highest BCUT2D eigenvalue weighted by molar-refractivity contribution is 6.17. The van der Waals surface area contributed by atoms with Crippen LogP contribution in [0.15, 0.2) is 0 Å². The van der Waals surface area contributed by atoms with Crippen molar-refractivity contribution in [3.8, 4) is 0 Å². The molecule has 0 N–H and O–H groups in total. The van der Waals surface area contributed by atoms with Gasteiger partial charge in [-0.05, 0) is 25.7 Å². The molecular formula is C13H21ClO2. The van der Waals surface area contributed by atoms with E-state index >= 15 is 0 Å². The van der Waals surface area contributed by atoms with E-state index in [9.17, 15) is 9.59 Å². The van der Waals surface area contributed by atoms with E-state index in [1.807, 2.05) is 0 Å². The van der Waals surface area contributed by atoms with Crippen LogP contribution >= 0.6 is 11.6 Å². The van der Waals surface area contributed by atoms with E-state index in [0.29, 0.717) is 18.7 Å². The Balaban J connectivity index is 2.16. The Morgan fingerprint density at radius 1 is 1.19 bits per heavy atom. The van der Waals surface area contributed by atoms with Crippen LogP contribution in [0.1, 0.15) is 57.8 Å². The highest BCUT2D eigenvalue weighted by atomic mass is 35.5. The quantitative estimate of drug-likeness (QED) is 0.390. The Hall–Kier alpha value is -0.370. The van der Waals surface area contributed by atoms with Crippen LogP contribution < -0.4 is 0 Å². The number of ketones is 2. The number of carbonyl (C=O) groups excluding carboxylic acids is 2. The van der Waals surface area contributed by atoms with Crippen molar-refractivity contribution in [1.29, 1.82) is 0 Å². The van der Waals surface area contributed by atoms with Gasteiger partial charge in [0.25, 0.3) is 0 Å². The molecule has 92 valence electrons. The zero-order valence-electron chi connectivity index (χ0n) is 9.84. The summed E-state index contributed by atoms with van der Waals surface area (Å²) in [6.07, 6.45) is 8.08. The average Bonchev–Trinajstić information content (AvgIpc) is 2.29. The van der Waals surface area contributed by atoms with E-state index in [2.05, 4.69) is 0 Å². The molecule has 1 aliphatic rings. The molecular weight excluding hydrogens is 224 g/mol. The molecule has 1 unspecified atom stereocenters. The van der Waals surface area contributed by atoms with E-state index < -0.39 is 0 Å². The van der Waals surface area contributed by atoms with Crippen LogP contribution in [-0.4, -0.2) is 17.4 Å². The smallest absolute Gasteiger partial charge is 0.143 e. The summed E-state index contributed by atoms with van der Waals surface area (Å²) in [5.41, 5.74) is 0. The first-order valence-electron chi connectivity index (χ1n) is 6.37. The van der Waals surface area contributed by atoms with Crippen molar-refractivity contribution in [3.05, 3.63) is 0 Å². The number of Topliss-reactive ketones (excluding diaryl/α,β-unsaturated/α-hetero) is 2. The summed E-state index contributed by atoms with van der Waals surface area (Å²) in [5, 5.41) is 0. The highest BCUT2D eigenvalue weighted by Crippen LogP contribution is 2.23. The molecule has 0 aliphatic heterocycles. The van der Waals surface area contributed by atoms with E-state index in [4.69, 9.17) is 11.6 Å². The van der Waals surface area contributed by atoms with Crippen molar-refractivity contribution in [2.75, 3.05) is 5.88 Å². The minimum atomic E-state index is -0.262. The molecule has 0 radical (unpaired) electrons. The summed E-state index contributed by atoms with van der Waals surface area (Å²) in [6.45, 7) is 0. The predicted molar refractivity (Wildman–Crippen MR) is 65.8 cm³/mol. The van der Waals surface area contributed by atoms with E-state index in [1.165, 1.54) is 0 Å². The Bertz CT molecular complexity index is 238. The monoisotopic (exact) mass is 244 g/mol. The molecule has 0 saturated heterocycles. The normalized spacial score (nSPS) is 21.1. The van der Waals surface area contributed by atoms with Gasteiger partial charge in [0.1, 0.15) is 11.6 Å². The minimum Gasteiger partial charge on any atom is -0.299 e. The SMILES string of the molecule is O=C(CCCCCCCl)C1CCCCC1=O. The zero-order valence-corrected chi connectivity index (χ0v) is 10.6. The molecule has 0 aromatic rings. The molecule has 0 spiro atoms. The Kier molecular flexibility index (Phi) is 6.70. The lowest BCUT2D eigenvalue weighted by Crippen LogP contribution is -2.27. The van der Waals surface area contributed by atoms with Crippen molar-refractivity contribution in [3.63, 3.8) is 0 Å². The van der Waals surface area contributed by atoms with Gasteiger partial charge in [0.2, 0.25) is 0 Å². The maximum absolute atomic E-state index is 11.8. The fraction of sp³-hybridized carbons (Fsp3) is 0.846. The zero-order chi connectivity index (χ0) is 11.8. The molecule has 1 rings (SSSR count). The molecule has 0 aromatic carbocycles. The molecule has 2 nitrogen and oxygen atoms in total. The molecule has 16 heavy (non-hydrogen) atoms. The van der Waals surface area contributed by atoms with Crippen molar-refractivity contribution in [2.24, 2.45) is 5.92 Å². The largest absolute Gasteiger partial charge is 0.299 e. The van der Waals surface area contributed by atoms with Crippen LogP contribution in [0.2, 0.25) is 0 Å². The minimum absolute atomic E-state index is 0.176. The van der Waals surface area contributed by atoms with Crippen LogP contribution in [0.5, 0.6) is 0 Å². The number of rotatable bonds is 7. The Labute approximate surface area is 103 Å². The van der Waals surface area contributed by atoms with Crippen LogP contribution in [0.4, 0.5) is 0 Å². The summed E-state index contributed by atoms with van der Waals surface area (Å²) in [5.74, 6) is 0.795. The molecule has 0 aromatic heterocycles. The highest BCUT2D eigenvalue weighted by Gasteiger charge is 2.27. The van der Waals surface area contributed by atoms with Gasteiger partial charge in [0, 0.05) is 18.7 Å². The predicted octanol–water partition coefficient (Wildman–Crippen LogP) is 3.50. The van der Waals surface area contributed by atoms with Gasteiger partial charge in [-0.15, -0.1) is 11.6 Å². The second-order valence-corrected chi connectivity index (χ2v) is 4.96. The van der Waals surface area contributed by atoms with Crippen molar-refractivity contribution in [1.82, 2.24) is 0 Å². The van der Waals surface area contributed by atoms with Gasteiger partial charge in [-0.1, -0.05) is 19.3 Å². The maximum Gasteiger partial charge on any atom is 0.143 e. The molecule has 0 heterocycles. The average molecular weight is 245 g/mol. The lowest BCUT2D eigenvalue weighted by Gasteiger charge is -2.18.